The molecule has 0 atom stereocenters. The van der Waals surface area contributed by atoms with Crippen molar-refractivity contribution >= 4 is 21.4 Å². The number of pyridine rings is 1. The summed E-state index contributed by atoms with van der Waals surface area (Å²) in [6.07, 6.45) is 2.80. The van der Waals surface area contributed by atoms with Crippen LogP contribution in [0.2, 0.25) is 0 Å². The molecule has 0 aliphatic carbocycles. The fraction of sp³-hybridized carbons (Fsp3) is 0.0769. The molecule has 1 heterocycles. The quantitative estimate of drug-likeness (QED) is 0.938. The minimum atomic E-state index is -5.40. The number of alkyl halides is 3. The lowest BCUT2D eigenvalue weighted by Crippen LogP contribution is -2.23. The molecule has 116 valence electrons. The van der Waals surface area contributed by atoms with E-state index < -0.39 is 26.1 Å². The van der Waals surface area contributed by atoms with Gasteiger partial charge in [-0.1, -0.05) is 0 Å². The van der Waals surface area contributed by atoms with Crippen LogP contribution in [-0.4, -0.2) is 24.8 Å². The van der Waals surface area contributed by atoms with E-state index in [2.05, 4.69) is 10.3 Å². The van der Waals surface area contributed by atoms with Crippen LogP contribution in [0.5, 0.6) is 0 Å². The van der Waals surface area contributed by atoms with Crippen LogP contribution < -0.4 is 5.32 Å². The van der Waals surface area contributed by atoms with Crippen molar-refractivity contribution in [3.63, 3.8) is 0 Å². The van der Waals surface area contributed by atoms with Gasteiger partial charge in [0.1, 0.15) is 0 Å². The predicted molar refractivity (Wildman–Crippen MR) is 71.9 cm³/mol. The van der Waals surface area contributed by atoms with Crippen molar-refractivity contribution in [3.05, 3.63) is 54.4 Å². The van der Waals surface area contributed by atoms with E-state index in [0.717, 1.165) is 24.3 Å². The van der Waals surface area contributed by atoms with Crippen LogP contribution >= 0.6 is 0 Å². The Morgan fingerprint density at radius 1 is 1.09 bits per heavy atom. The minimum absolute atomic E-state index is 0.162. The van der Waals surface area contributed by atoms with Gasteiger partial charge in [0.25, 0.3) is 15.7 Å². The number of carbonyl (C=O) groups excluding carboxylic acids is 1. The molecule has 22 heavy (non-hydrogen) atoms. The Morgan fingerprint density at radius 2 is 1.73 bits per heavy atom. The number of sulfone groups is 1. The first kappa shape index (κ1) is 16.0. The van der Waals surface area contributed by atoms with Crippen molar-refractivity contribution < 1.29 is 26.4 Å². The zero-order valence-corrected chi connectivity index (χ0v) is 11.6. The molecule has 0 saturated carbocycles. The van der Waals surface area contributed by atoms with Gasteiger partial charge in [0, 0.05) is 18.1 Å². The fourth-order valence-electron chi connectivity index (χ4n) is 1.55. The molecule has 1 aromatic carbocycles. The average molecular weight is 330 g/mol. The van der Waals surface area contributed by atoms with Gasteiger partial charge in [-0.05, 0) is 36.4 Å². The standard InChI is InChI=1S/C13H9F3N2O3S/c14-13(15,16)22(20,21)11-5-3-10(4-6-11)18-12(19)9-2-1-7-17-8-9/h1-8H,(H,18,19). The van der Waals surface area contributed by atoms with E-state index in [1.165, 1.54) is 18.5 Å². The summed E-state index contributed by atoms with van der Waals surface area (Å²) in [4.78, 5) is 14.7. The number of nitrogens with one attached hydrogen (secondary N) is 1. The van der Waals surface area contributed by atoms with Crippen LogP contribution in [0.1, 0.15) is 10.4 Å². The molecule has 0 unspecified atom stereocenters. The van der Waals surface area contributed by atoms with Crippen molar-refractivity contribution in [3.8, 4) is 0 Å². The number of anilines is 1. The van der Waals surface area contributed by atoms with Gasteiger partial charge < -0.3 is 5.32 Å². The summed E-state index contributed by atoms with van der Waals surface area (Å²) < 4.78 is 59.5. The maximum atomic E-state index is 12.4. The summed E-state index contributed by atoms with van der Waals surface area (Å²) in [5.41, 5.74) is -4.95. The van der Waals surface area contributed by atoms with Crippen LogP contribution in [0.25, 0.3) is 0 Å². The molecule has 2 aromatic rings. The number of hydrogen-bond donors (Lipinski definition) is 1. The van der Waals surface area contributed by atoms with Crippen LogP contribution in [0.4, 0.5) is 18.9 Å². The maximum absolute atomic E-state index is 12.4. The molecule has 5 nitrogen and oxygen atoms in total. The Labute approximate surface area is 123 Å². The topological polar surface area (TPSA) is 76.1 Å². The molecular formula is C13H9F3N2O3S. The number of amides is 1. The van der Waals surface area contributed by atoms with Crippen molar-refractivity contribution in [1.29, 1.82) is 0 Å². The monoisotopic (exact) mass is 330 g/mol. The van der Waals surface area contributed by atoms with Crippen molar-refractivity contribution in [2.75, 3.05) is 5.32 Å². The Kier molecular flexibility index (Phi) is 4.18. The fourth-order valence-corrected chi connectivity index (χ4v) is 2.31. The molecule has 0 aliphatic heterocycles. The zero-order valence-electron chi connectivity index (χ0n) is 10.8. The van der Waals surface area contributed by atoms with Gasteiger partial charge in [0.2, 0.25) is 0 Å². The number of hydrogen-bond acceptors (Lipinski definition) is 4. The van der Waals surface area contributed by atoms with E-state index in [0.29, 0.717) is 0 Å². The molecule has 1 amide bonds. The molecular weight excluding hydrogens is 321 g/mol. The second-order valence-electron chi connectivity index (χ2n) is 4.17. The number of rotatable bonds is 3. The van der Waals surface area contributed by atoms with Gasteiger partial charge in [-0.25, -0.2) is 8.42 Å². The lowest BCUT2D eigenvalue weighted by Gasteiger charge is -2.09. The number of aromatic nitrogens is 1. The summed E-state index contributed by atoms with van der Waals surface area (Å²) in [6, 6.07) is 6.77. The predicted octanol–water partition coefficient (Wildman–Crippen LogP) is 2.63. The van der Waals surface area contributed by atoms with E-state index in [4.69, 9.17) is 0 Å². The van der Waals surface area contributed by atoms with Crippen LogP contribution in [-0.2, 0) is 9.84 Å². The van der Waals surface area contributed by atoms with Gasteiger partial charge in [0.05, 0.1) is 10.5 Å². The van der Waals surface area contributed by atoms with Gasteiger partial charge in [0.15, 0.2) is 0 Å². The maximum Gasteiger partial charge on any atom is 0.501 e. The molecule has 0 radical (unpaired) electrons. The molecule has 9 heteroatoms. The lowest BCUT2D eigenvalue weighted by molar-refractivity contribution is -0.0436. The minimum Gasteiger partial charge on any atom is -0.322 e. The number of halogens is 3. The normalized spacial score (nSPS) is 12.0. The molecule has 0 bridgehead atoms. The first-order valence-electron chi connectivity index (χ1n) is 5.84. The second kappa shape index (κ2) is 5.76. The van der Waals surface area contributed by atoms with Crippen LogP contribution in [0.15, 0.2) is 53.7 Å². The highest BCUT2D eigenvalue weighted by Gasteiger charge is 2.46. The Hall–Kier alpha value is -2.42. The van der Waals surface area contributed by atoms with Crippen LogP contribution in [0, 0.1) is 0 Å². The SMILES string of the molecule is O=C(Nc1ccc(S(=O)(=O)C(F)(F)F)cc1)c1cccnc1. The summed E-state index contributed by atoms with van der Waals surface area (Å²) >= 11 is 0. The molecule has 1 N–H and O–H groups in total. The molecule has 0 spiro atoms. The van der Waals surface area contributed by atoms with Gasteiger partial charge in [-0.15, -0.1) is 0 Å². The Morgan fingerprint density at radius 3 is 2.23 bits per heavy atom. The van der Waals surface area contributed by atoms with Crippen molar-refractivity contribution in [1.82, 2.24) is 4.98 Å². The van der Waals surface area contributed by atoms with E-state index in [1.54, 1.807) is 6.07 Å². The third-order valence-corrected chi connectivity index (χ3v) is 4.15. The van der Waals surface area contributed by atoms with Crippen molar-refractivity contribution in [2.24, 2.45) is 0 Å². The zero-order chi connectivity index (χ0) is 16.4. The van der Waals surface area contributed by atoms with E-state index >= 15 is 0 Å². The van der Waals surface area contributed by atoms with Gasteiger partial charge in [-0.2, -0.15) is 13.2 Å². The highest BCUT2D eigenvalue weighted by atomic mass is 32.2. The van der Waals surface area contributed by atoms with Gasteiger partial charge in [-0.3, -0.25) is 9.78 Å². The first-order valence-corrected chi connectivity index (χ1v) is 7.33. The average Bonchev–Trinajstić information content (AvgIpc) is 2.47. The molecule has 0 aliphatic rings. The summed E-state index contributed by atoms with van der Waals surface area (Å²) in [7, 11) is -5.40. The highest BCUT2D eigenvalue weighted by molar-refractivity contribution is 7.92. The largest absolute Gasteiger partial charge is 0.501 e. The summed E-state index contributed by atoms with van der Waals surface area (Å²) in [5, 5.41) is 2.42. The molecule has 0 fully saturated rings. The molecule has 0 saturated heterocycles. The number of benzene rings is 1. The molecule has 2 rings (SSSR count). The smallest absolute Gasteiger partial charge is 0.322 e. The van der Waals surface area contributed by atoms with Crippen molar-refractivity contribution in [2.45, 2.75) is 10.4 Å². The lowest BCUT2D eigenvalue weighted by atomic mass is 10.2. The van der Waals surface area contributed by atoms with Gasteiger partial charge >= 0.3 is 5.51 Å². The molecule has 1 aromatic heterocycles. The van der Waals surface area contributed by atoms with Crippen LogP contribution in [0.3, 0.4) is 0 Å². The third kappa shape index (κ3) is 3.25. The summed E-state index contributed by atoms with van der Waals surface area (Å²) in [5.74, 6) is -0.514. The van der Waals surface area contributed by atoms with E-state index in [1.807, 2.05) is 0 Å². The third-order valence-electron chi connectivity index (χ3n) is 2.65. The second-order valence-corrected chi connectivity index (χ2v) is 6.11. The highest BCUT2D eigenvalue weighted by Crippen LogP contribution is 2.30. The van der Waals surface area contributed by atoms with E-state index in [9.17, 15) is 26.4 Å². The first-order chi connectivity index (χ1) is 10.2. The van der Waals surface area contributed by atoms with E-state index in [-0.39, 0.29) is 11.3 Å². The Bertz CT molecular complexity index is 772. The Balaban J connectivity index is 2.19. The number of carbonyl (C=O) groups is 1. The number of nitrogens with zero attached hydrogens (tertiary/aromatic N) is 1. The summed E-state index contributed by atoms with van der Waals surface area (Å²) in [6.45, 7) is 0.